The fraction of sp³-hybridized carbons (Fsp3) is 0.118. The van der Waals surface area contributed by atoms with E-state index in [9.17, 15) is 25.5 Å². The molecule has 0 atom stereocenters. The summed E-state index contributed by atoms with van der Waals surface area (Å²) in [7, 11) is 0. The van der Waals surface area contributed by atoms with Gasteiger partial charge in [-0.15, -0.1) is 0 Å². The van der Waals surface area contributed by atoms with Gasteiger partial charge in [-0.1, -0.05) is 0 Å². The molecule has 0 heterocycles. The van der Waals surface area contributed by atoms with E-state index in [1.165, 1.54) is 0 Å². The van der Waals surface area contributed by atoms with Crippen LogP contribution in [0, 0.1) is 0 Å². The lowest BCUT2D eigenvalue weighted by atomic mass is 10.2. The van der Waals surface area contributed by atoms with E-state index >= 15 is 0 Å². The third-order valence-electron chi connectivity index (χ3n) is 7.05. The van der Waals surface area contributed by atoms with Crippen molar-refractivity contribution in [3.05, 3.63) is 121 Å². The second-order valence-corrected chi connectivity index (χ2v) is 9.87. The van der Waals surface area contributed by atoms with Crippen LogP contribution in [-0.2, 0) is 0 Å². The average molecular weight is 564 g/mol. The van der Waals surface area contributed by atoms with Gasteiger partial charge in [-0.25, -0.2) is 0 Å². The van der Waals surface area contributed by atoms with Crippen LogP contribution in [-0.4, -0.2) is 51.7 Å². The third kappa shape index (κ3) is 6.98. The summed E-state index contributed by atoms with van der Waals surface area (Å²) >= 11 is 0. The van der Waals surface area contributed by atoms with Gasteiger partial charge in [0.05, 0.1) is 0 Å². The number of hydrogen-bond donors (Lipinski definition) is 5. The van der Waals surface area contributed by atoms with Crippen molar-refractivity contribution < 1.29 is 25.5 Å². The van der Waals surface area contributed by atoms with Crippen LogP contribution < -0.4 is 14.7 Å². The molecule has 0 amide bonds. The number of anilines is 5. The van der Waals surface area contributed by atoms with Gasteiger partial charge in [0.15, 0.2) is 0 Å². The summed E-state index contributed by atoms with van der Waals surface area (Å²) in [4.78, 5) is 6.45. The van der Waals surface area contributed by atoms with Crippen LogP contribution in [0.4, 0.5) is 28.4 Å². The number of rotatable bonds is 11. The molecule has 0 fully saturated rings. The highest BCUT2D eigenvalue weighted by atomic mass is 16.3. The van der Waals surface area contributed by atoms with Gasteiger partial charge in [0, 0.05) is 54.6 Å². The number of nitrogens with zero attached hydrogens (tertiary/aromatic N) is 3. The van der Waals surface area contributed by atoms with Crippen molar-refractivity contribution in [1.29, 1.82) is 0 Å². The first-order valence-electron chi connectivity index (χ1n) is 13.6. The highest BCUT2D eigenvalue weighted by Gasteiger charge is 2.17. The maximum absolute atomic E-state index is 9.94. The van der Waals surface area contributed by atoms with Crippen LogP contribution in [0.3, 0.4) is 0 Å². The average Bonchev–Trinajstić information content (AvgIpc) is 3.00. The van der Waals surface area contributed by atoms with E-state index in [1.54, 1.807) is 60.7 Å². The quantitative estimate of drug-likeness (QED) is 0.121. The summed E-state index contributed by atoms with van der Waals surface area (Å²) in [5.41, 5.74) is 4.48. The summed E-state index contributed by atoms with van der Waals surface area (Å²) in [6.07, 6.45) is 0. The largest absolute Gasteiger partial charge is 0.508 e. The first-order valence-corrected chi connectivity index (χ1v) is 13.6. The molecule has 0 spiro atoms. The maximum atomic E-state index is 9.94. The lowest BCUT2D eigenvalue weighted by Crippen LogP contribution is -2.38. The van der Waals surface area contributed by atoms with Crippen molar-refractivity contribution in [3.63, 3.8) is 0 Å². The lowest BCUT2D eigenvalue weighted by Gasteiger charge is -2.33. The van der Waals surface area contributed by atoms with Gasteiger partial charge < -0.3 is 40.2 Å². The molecule has 42 heavy (non-hydrogen) atoms. The molecule has 5 rings (SSSR count). The Kier molecular flexibility index (Phi) is 8.53. The predicted molar refractivity (Wildman–Crippen MR) is 167 cm³/mol. The molecule has 0 aromatic heterocycles. The van der Waals surface area contributed by atoms with Crippen molar-refractivity contribution in [2.45, 2.75) is 0 Å². The molecule has 8 heteroatoms. The van der Waals surface area contributed by atoms with E-state index in [2.05, 4.69) is 14.7 Å². The minimum atomic E-state index is 0.179. The Morgan fingerprint density at radius 2 is 0.500 bits per heavy atom. The van der Waals surface area contributed by atoms with Crippen LogP contribution in [0.25, 0.3) is 0 Å². The van der Waals surface area contributed by atoms with Gasteiger partial charge >= 0.3 is 0 Å². The molecule has 0 radical (unpaired) electrons. The molecule has 5 N–H and O–H groups in total. The highest BCUT2D eigenvalue weighted by Crippen LogP contribution is 2.31. The number of hydrogen-bond acceptors (Lipinski definition) is 8. The topological polar surface area (TPSA) is 111 Å². The second kappa shape index (κ2) is 12.8. The van der Waals surface area contributed by atoms with Crippen LogP contribution in [0.15, 0.2) is 121 Å². The lowest BCUT2D eigenvalue weighted by molar-refractivity contribution is 0.474. The van der Waals surface area contributed by atoms with Crippen molar-refractivity contribution in [1.82, 2.24) is 0 Å². The molecule has 0 saturated carbocycles. The summed E-state index contributed by atoms with van der Waals surface area (Å²) in [6.45, 7) is 2.36. The molecular formula is C34H33N3O5. The molecule has 0 unspecified atom stereocenters. The van der Waals surface area contributed by atoms with Crippen molar-refractivity contribution in [2.75, 3.05) is 40.9 Å². The van der Waals surface area contributed by atoms with Gasteiger partial charge in [-0.3, -0.25) is 0 Å². The summed E-state index contributed by atoms with van der Waals surface area (Å²) in [6, 6.07) is 35.1. The van der Waals surface area contributed by atoms with E-state index in [4.69, 9.17) is 0 Å². The molecule has 5 aromatic rings. The summed E-state index contributed by atoms with van der Waals surface area (Å²) < 4.78 is 0. The molecule has 0 aliphatic carbocycles. The zero-order chi connectivity index (χ0) is 29.5. The highest BCUT2D eigenvalue weighted by molar-refractivity contribution is 5.66. The van der Waals surface area contributed by atoms with Crippen LogP contribution in [0.2, 0.25) is 0 Å². The SMILES string of the molecule is Oc1ccc(N(CCN(c2ccc(O)cc2)c2ccc(O)cc2)CCN(c2ccc(O)cc2)c2ccc(O)cc2)cc1. The zero-order valence-corrected chi connectivity index (χ0v) is 23.0. The molecule has 214 valence electrons. The Hall–Kier alpha value is -5.50. The molecule has 0 aliphatic rings. The van der Waals surface area contributed by atoms with E-state index in [1.807, 2.05) is 60.7 Å². The smallest absolute Gasteiger partial charge is 0.115 e. The first-order chi connectivity index (χ1) is 20.4. The molecular weight excluding hydrogens is 530 g/mol. The number of benzene rings is 5. The Balaban J connectivity index is 1.43. The minimum Gasteiger partial charge on any atom is -0.508 e. The van der Waals surface area contributed by atoms with Gasteiger partial charge in [-0.05, 0) is 121 Å². The number of phenolic OH excluding ortho intramolecular Hbond substituents is 5. The monoisotopic (exact) mass is 563 g/mol. The van der Waals surface area contributed by atoms with E-state index in [0.717, 1.165) is 28.4 Å². The van der Waals surface area contributed by atoms with E-state index in [0.29, 0.717) is 26.2 Å². The normalized spacial score (nSPS) is 10.8. The second-order valence-electron chi connectivity index (χ2n) is 9.87. The maximum Gasteiger partial charge on any atom is 0.115 e. The predicted octanol–water partition coefficient (Wildman–Crippen LogP) is 6.70. The summed E-state index contributed by atoms with van der Waals surface area (Å²) in [5.74, 6) is 0.901. The van der Waals surface area contributed by atoms with Crippen molar-refractivity contribution in [3.8, 4) is 28.7 Å². The van der Waals surface area contributed by atoms with Gasteiger partial charge in [-0.2, -0.15) is 0 Å². The minimum absolute atomic E-state index is 0.179. The standard InChI is InChI=1S/C34H33N3O5/c38-30-11-1-25(2-12-30)35(21-23-36(26-3-13-31(39)14-4-26)27-5-15-32(40)16-6-27)22-24-37(28-7-17-33(41)18-8-28)29-9-19-34(42)20-10-29/h1-20,38-42H,21-24H2. The fourth-order valence-corrected chi connectivity index (χ4v) is 4.82. The molecule has 8 nitrogen and oxygen atoms in total. The Morgan fingerprint density at radius 3 is 0.738 bits per heavy atom. The van der Waals surface area contributed by atoms with E-state index < -0.39 is 0 Å². The number of phenols is 5. The Labute approximate surface area is 244 Å². The Morgan fingerprint density at radius 1 is 0.286 bits per heavy atom. The Bertz CT molecular complexity index is 1370. The van der Waals surface area contributed by atoms with Crippen LogP contribution >= 0.6 is 0 Å². The van der Waals surface area contributed by atoms with Gasteiger partial charge in [0.2, 0.25) is 0 Å². The number of aromatic hydroxyl groups is 5. The van der Waals surface area contributed by atoms with Gasteiger partial charge in [0.25, 0.3) is 0 Å². The van der Waals surface area contributed by atoms with Crippen LogP contribution in [0.1, 0.15) is 0 Å². The fourth-order valence-electron chi connectivity index (χ4n) is 4.82. The first kappa shape index (κ1) is 28.0. The van der Waals surface area contributed by atoms with Gasteiger partial charge in [0.1, 0.15) is 28.7 Å². The van der Waals surface area contributed by atoms with Crippen molar-refractivity contribution in [2.24, 2.45) is 0 Å². The molecule has 5 aromatic carbocycles. The zero-order valence-electron chi connectivity index (χ0n) is 23.0. The summed E-state index contributed by atoms with van der Waals surface area (Å²) in [5, 5.41) is 49.4. The van der Waals surface area contributed by atoms with Crippen molar-refractivity contribution >= 4 is 28.4 Å². The van der Waals surface area contributed by atoms with Crippen LogP contribution in [0.5, 0.6) is 28.7 Å². The third-order valence-corrected chi connectivity index (χ3v) is 7.05. The molecule has 0 saturated heterocycles. The molecule has 0 aliphatic heterocycles. The van der Waals surface area contributed by atoms with E-state index in [-0.39, 0.29) is 28.7 Å². The molecule has 0 bridgehead atoms.